The molecule has 23 nitrogen and oxygen atoms in total. The number of carboxylic acid groups (broad SMARTS) is 1. The number of carboxylic acids is 1. The lowest BCUT2D eigenvalue weighted by Gasteiger charge is -2.50. The van der Waals surface area contributed by atoms with Gasteiger partial charge < -0.3 is 100 Å². The van der Waals surface area contributed by atoms with E-state index in [-0.39, 0.29) is 12.3 Å². The van der Waals surface area contributed by atoms with E-state index in [4.69, 9.17) is 28.4 Å². The molecular formula is C72H132N2O21. The fourth-order valence-electron chi connectivity index (χ4n) is 12.9. The van der Waals surface area contributed by atoms with Gasteiger partial charge >= 0.3 is 5.97 Å². The zero-order valence-corrected chi connectivity index (χ0v) is 58.3. The van der Waals surface area contributed by atoms with Crippen molar-refractivity contribution in [1.29, 1.82) is 0 Å². The standard InChI is InChI=1S/C72H132N2O21/c1-4-6-8-10-12-14-16-18-20-21-22-23-24-25-26-27-28-29-30-32-34-36-38-40-42-44-46-59(82)74-53(54(79)45-43-41-39-37-35-33-31-19-17-15-13-11-9-7-5-2)51-90-69-64(86)63(85)66(58(50-77)92-69)93-70-65(87)68(62(84)57(49-76)91-70)95-72(71(88)89)47-55(80)60(73-52(3)78)67(94-72)61(83)56(81)48-75/h25-26,43,45,53-58,60-70,75-77,79-81,83-87H,4-24,27-42,44,46-51H2,1-3H3,(H,73,78)(H,74,82)(H,88,89)/b26-25-,45-43+. The quantitative estimate of drug-likeness (QED) is 0.0202. The van der Waals surface area contributed by atoms with Crippen molar-refractivity contribution in [1.82, 2.24) is 10.6 Å². The van der Waals surface area contributed by atoms with E-state index >= 15 is 0 Å². The Bertz CT molecular complexity index is 2010. The van der Waals surface area contributed by atoms with Crippen LogP contribution in [-0.4, -0.2) is 215 Å². The van der Waals surface area contributed by atoms with Crippen LogP contribution in [0.25, 0.3) is 0 Å². The van der Waals surface area contributed by atoms with Crippen LogP contribution in [-0.2, 0) is 42.8 Å². The average Bonchev–Trinajstić information content (AvgIpc) is 0.757. The molecule has 3 aliphatic rings. The second-order valence-corrected chi connectivity index (χ2v) is 27.2. The van der Waals surface area contributed by atoms with Crippen LogP contribution in [0.1, 0.15) is 278 Å². The number of amides is 2. The van der Waals surface area contributed by atoms with Crippen molar-refractivity contribution in [2.75, 3.05) is 26.4 Å². The summed E-state index contributed by atoms with van der Waals surface area (Å²) in [6.45, 7) is 2.15. The second kappa shape index (κ2) is 52.2. The number of rotatable bonds is 57. The fourth-order valence-corrected chi connectivity index (χ4v) is 12.9. The normalized spacial score (nSPS) is 27.8. The molecule has 2 amide bonds. The minimum Gasteiger partial charge on any atom is -0.477 e. The number of carbonyl (C=O) groups excluding carboxylic acids is 2. The predicted molar refractivity (Wildman–Crippen MR) is 361 cm³/mol. The number of aliphatic hydroxyl groups excluding tert-OH is 11. The third-order valence-electron chi connectivity index (χ3n) is 18.9. The number of allylic oxidation sites excluding steroid dienone is 3. The maximum absolute atomic E-state index is 13.5. The molecule has 3 aliphatic heterocycles. The molecule has 556 valence electrons. The predicted octanol–water partition coefficient (Wildman–Crippen LogP) is 8.01. The van der Waals surface area contributed by atoms with Gasteiger partial charge in [0, 0.05) is 19.8 Å². The Balaban J connectivity index is 1.54. The van der Waals surface area contributed by atoms with E-state index in [1.165, 1.54) is 180 Å². The second-order valence-electron chi connectivity index (χ2n) is 27.2. The Kier molecular flexibility index (Phi) is 47.5. The van der Waals surface area contributed by atoms with Gasteiger partial charge in [-0.3, -0.25) is 9.59 Å². The molecule has 18 unspecified atom stereocenters. The molecule has 0 saturated carbocycles. The van der Waals surface area contributed by atoms with Gasteiger partial charge in [-0.1, -0.05) is 237 Å². The van der Waals surface area contributed by atoms with Crippen LogP contribution in [0.15, 0.2) is 24.3 Å². The lowest BCUT2D eigenvalue weighted by atomic mass is 9.88. The summed E-state index contributed by atoms with van der Waals surface area (Å²) < 4.78 is 34.8. The van der Waals surface area contributed by atoms with E-state index in [1.807, 2.05) is 6.08 Å². The van der Waals surface area contributed by atoms with E-state index in [2.05, 4.69) is 36.6 Å². The van der Waals surface area contributed by atoms with Gasteiger partial charge in [-0.25, -0.2) is 4.79 Å². The molecule has 0 aromatic heterocycles. The van der Waals surface area contributed by atoms with E-state index in [0.29, 0.717) is 12.8 Å². The fraction of sp³-hybridized carbons (Fsp3) is 0.903. The topological polar surface area (TPSA) is 373 Å². The molecule has 0 spiro atoms. The van der Waals surface area contributed by atoms with E-state index < -0.39 is 155 Å². The summed E-state index contributed by atoms with van der Waals surface area (Å²) in [5.41, 5.74) is 0. The summed E-state index contributed by atoms with van der Waals surface area (Å²) in [4.78, 5) is 38.6. The Morgan fingerprint density at radius 2 is 0.989 bits per heavy atom. The maximum atomic E-state index is 13.5. The number of nitrogens with one attached hydrogen (secondary N) is 2. The van der Waals surface area contributed by atoms with Crippen molar-refractivity contribution >= 4 is 17.8 Å². The molecule has 0 aromatic carbocycles. The van der Waals surface area contributed by atoms with E-state index in [0.717, 1.165) is 58.3 Å². The van der Waals surface area contributed by atoms with Gasteiger partial charge in [0.25, 0.3) is 5.79 Å². The SMILES string of the molecule is CCCCCCCCCCCCCC/C=C\CCCCCCCCCCCCC(=O)NC(COC1OC(CO)C(OC2OC(CO)C(O)C(OC3(C(=O)O)CC(O)C(NC(C)=O)C(C(O)C(O)CO)O3)C2O)C(O)C1O)C(O)/C=C/CCCCCCCCCCCCCCC. The molecule has 0 radical (unpaired) electrons. The number of ether oxygens (including phenoxy) is 6. The number of unbranched alkanes of at least 4 members (excludes halogenated alkanes) is 35. The Labute approximate surface area is 568 Å². The molecule has 3 rings (SSSR count). The van der Waals surface area contributed by atoms with Gasteiger partial charge in [0.05, 0.1) is 50.7 Å². The molecule has 3 fully saturated rings. The summed E-state index contributed by atoms with van der Waals surface area (Å²) in [5.74, 6) is -6.14. The van der Waals surface area contributed by atoms with Crippen LogP contribution in [0.2, 0.25) is 0 Å². The van der Waals surface area contributed by atoms with Crippen LogP contribution in [0.3, 0.4) is 0 Å². The average molecular weight is 1360 g/mol. The lowest BCUT2D eigenvalue weighted by Crippen LogP contribution is -2.70. The number of aliphatic hydroxyl groups is 11. The molecule has 0 bridgehead atoms. The maximum Gasteiger partial charge on any atom is 0.364 e. The minimum absolute atomic E-state index is 0.200. The number of hydrogen-bond acceptors (Lipinski definition) is 20. The summed E-state index contributed by atoms with van der Waals surface area (Å²) in [6.07, 6.45) is 25.1. The van der Waals surface area contributed by atoms with Gasteiger partial charge in [-0.15, -0.1) is 0 Å². The van der Waals surface area contributed by atoms with Crippen molar-refractivity contribution < 1.29 is 104 Å². The molecule has 3 saturated heterocycles. The summed E-state index contributed by atoms with van der Waals surface area (Å²) >= 11 is 0. The third-order valence-corrected chi connectivity index (χ3v) is 18.9. The first kappa shape index (κ1) is 86.4. The van der Waals surface area contributed by atoms with Crippen molar-refractivity contribution in [3.05, 3.63) is 24.3 Å². The monoisotopic (exact) mass is 1360 g/mol. The van der Waals surface area contributed by atoms with Gasteiger partial charge in [-0.05, 0) is 44.9 Å². The third kappa shape index (κ3) is 34.0. The smallest absolute Gasteiger partial charge is 0.364 e. The summed E-state index contributed by atoms with van der Waals surface area (Å²) in [6, 6.07) is -2.62. The lowest BCUT2D eigenvalue weighted by molar-refractivity contribution is -0.386. The van der Waals surface area contributed by atoms with Crippen LogP contribution in [0, 0.1) is 0 Å². The largest absolute Gasteiger partial charge is 0.477 e. The van der Waals surface area contributed by atoms with Crippen molar-refractivity contribution in [3.63, 3.8) is 0 Å². The first-order chi connectivity index (χ1) is 45.9. The molecule has 0 aromatic rings. The number of carbonyl (C=O) groups is 3. The molecular weight excluding hydrogens is 1230 g/mol. The number of aliphatic carboxylic acids is 1. The van der Waals surface area contributed by atoms with Crippen molar-refractivity contribution in [2.24, 2.45) is 0 Å². The zero-order chi connectivity index (χ0) is 69.6. The van der Waals surface area contributed by atoms with Gasteiger partial charge in [-0.2, -0.15) is 0 Å². The van der Waals surface area contributed by atoms with Crippen molar-refractivity contribution in [3.8, 4) is 0 Å². The van der Waals surface area contributed by atoms with Crippen LogP contribution in [0.4, 0.5) is 0 Å². The van der Waals surface area contributed by atoms with Crippen molar-refractivity contribution in [2.45, 2.75) is 387 Å². The first-order valence-corrected chi connectivity index (χ1v) is 37.2. The number of hydrogen-bond donors (Lipinski definition) is 14. The highest BCUT2D eigenvalue weighted by atomic mass is 16.8. The summed E-state index contributed by atoms with van der Waals surface area (Å²) in [7, 11) is 0. The highest BCUT2D eigenvalue weighted by molar-refractivity contribution is 5.77. The molecule has 18 atom stereocenters. The van der Waals surface area contributed by atoms with Gasteiger partial charge in [0.15, 0.2) is 12.6 Å². The van der Waals surface area contributed by atoms with E-state index in [9.17, 15) is 75.7 Å². The van der Waals surface area contributed by atoms with Gasteiger partial charge in [0.2, 0.25) is 11.8 Å². The Morgan fingerprint density at radius 1 is 0.547 bits per heavy atom. The molecule has 3 heterocycles. The molecule has 0 aliphatic carbocycles. The molecule has 95 heavy (non-hydrogen) atoms. The van der Waals surface area contributed by atoms with Crippen LogP contribution in [0.5, 0.6) is 0 Å². The summed E-state index contributed by atoms with van der Waals surface area (Å²) in [5, 5.41) is 136. The highest BCUT2D eigenvalue weighted by Crippen LogP contribution is 2.39. The Morgan fingerprint density at radius 3 is 1.43 bits per heavy atom. The Hall–Kier alpha value is -2.79. The molecule has 14 N–H and O–H groups in total. The zero-order valence-electron chi connectivity index (χ0n) is 58.3. The van der Waals surface area contributed by atoms with Crippen LogP contribution >= 0.6 is 0 Å². The van der Waals surface area contributed by atoms with E-state index in [1.54, 1.807) is 6.08 Å². The minimum atomic E-state index is -3.08. The first-order valence-electron chi connectivity index (χ1n) is 37.2. The highest BCUT2D eigenvalue weighted by Gasteiger charge is 2.60. The van der Waals surface area contributed by atoms with Gasteiger partial charge in [0.1, 0.15) is 67.1 Å². The molecule has 23 heteroatoms. The van der Waals surface area contributed by atoms with Crippen LogP contribution < -0.4 is 10.6 Å².